The lowest BCUT2D eigenvalue weighted by Crippen LogP contribution is -2.55. The number of hydrogen-bond acceptors (Lipinski definition) is 6. The summed E-state index contributed by atoms with van der Waals surface area (Å²) in [4.78, 5) is 12.0. The first-order chi connectivity index (χ1) is 14.1. The maximum Gasteiger partial charge on any atom is 0.241 e. The van der Waals surface area contributed by atoms with E-state index in [1.807, 2.05) is 16.7 Å². The maximum absolute atomic E-state index is 9.06. The first-order valence-corrected chi connectivity index (χ1v) is 10.0. The minimum Gasteiger partial charge on any atom is -0.472 e. The normalized spacial score (nSPS) is 24.4. The Morgan fingerprint density at radius 3 is 2.72 bits per heavy atom. The van der Waals surface area contributed by atoms with Crippen LogP contribution in [0.15, 0.2) is 30.7 Å². The number of rotatable bonds is 3. The fourth-order valence-electron chi connectivity index (χ4n) is 4.18. The topological polar surface area (TPSA) is 87.1 Å². The summed E-state index contributed by atoms with van der Waals surface area (Å²) in [6, 6.07) is 7.30. The molecular weight excluding hydrogens is 413 g/mol. The second-order valence-electron chi connectivity index (χ2n) is 7.38. The second kappa shape index (κ2) is 7.47. The molecule has 2 atom stereocenters. The Morgan fingerprint density at radius 2 is 2.00 bits per heavy atom. The number of ether oxygens (including phenoxy) is 2. The predicted molar refractivity (Wildman–Crippen MR) is 109 cm³/mol. The second-order valence-corrected chi connectivity index (χ2v) is 8.26. The van der Waals surface area contributed by atoms with E-state index in [0.717, 1.165) is 22.2 Å². The quantitative estimate of drug-likeness (QED) is 0.639. The molecule has 2 unspecified atom stereocenters. The summed E-state index contributed by atoms with van der Waals surface area (Å²) in [5.74, 6) is 0.885. The van der Waals surface area contributed by atoms with Crippen LogP contribution in [0.5, 0.6) is 5.88 Å². The van der Waals surface area contributed by atoms with Crippen molar-refractivity contribution in [2.24, 2.45) is 11.8 Å². The van der Waals surface area contributed by atoms with E-state index in [2.05, 4.69) is 21.0 Å². The molecule has 29 heavy (non-hydrogen) atoms. The average molecular weight is 430 g/mol. The fourth-order valence-corrected chi connectivity index (χ4v) is 4.81. The first-order valence-electron chi connectivity index (χ1n) is 9.31. The van der Waals surface area contributed by atoms with Crippen molar-refractivity contribution in [1.82, 2.24) is 19.4 Å². The van der Waals surface area contributed by atoms with Crippen LogP contribution < -0.4 is 4.74 Å². The number of hydrogen-bond donors (Lipinski definition) is 1. The van der Waals surface area contributed by atoms with Gasteiger partial charge in [0, 0.05) is 47.3 Å². The Kier molecular flexibility index (Phi) is 4.80. The minimum atomic E-state index is -0.0119. The van der Waals surface area contributed by atoms with Gasteiger partial charge in [0.15, 0.2) is 0 Å². The summed E-state index contributed by atoms with van der Waals surface area (Å²) in [6.07, 6.45) is 3.32. The van der Waals surface area contributed by atoms with E-state index in [1.54, 1.807) is 12.1 Å². The van der Waals surface area contributed by atoms with Crippen LogP contribution in [0.1, 0.15) is 5.56 Å². The molecule has 0 radical (unpaired) electrons. The third kappa shape index (κ3) is 3.32. The van der Waals surface area contributed by atoms with E-state index in [4.69, 9.17) is 38.1 Å². The zero-order chi connectivity index (χ0) is 20.0. The summed E-state index contributed by atoms with van der Waals surface area (Å²) >= 11 is 12.7. The van der Waals surface area contributed by atoms with Gasteiger partial charge in [-0.05, 0) is 23.9 Å². The van der Waals surface area contributed by atoms with Crippen LogP contribution in [0.25, 0.3) is 22.2 Å². The molecule has 7 nitrogen and oxygen atoms in total. The highest BCUT2D eigenvalue weighted by Gasteiger charge is 2.42. The standard InChI is InChI=1S/C20H17Cl2N5O2/c21-16-3-11(4-23)1-2-14(16)15-5-24-18-17(15)25-10-26-20(18)29-19-12-6-27(22)7-13(19)9-28-8-12/h1-3,5,10,12-13,19,24H,6-9H2. The maximum atomic E-state index is 9.06. The molecule has 0 amide bonds. The molecule has 9 heteroatoms. The highest BCUT2D eigenvalue weighted by Crippen LogP contribution is 2.37. The molecule has 2 aromatic heterocycles. The SMILES string of the molecule is N#Cc1ccc(-c2c[nH]c3c(OC4C5COCC4CN(Cl)C5)ncnc23)c(Cl)c1. The van der Waals surface area contributed by atoms with Crippen molar-refractivity contribution < 1.29 is 9.47 Å². The van der Waals surface area contributed by atoms with Gasteiger partial charge in [-0.3, -0.25) is 0 Å². The van der Waals surface area contributed by atoms with Gasteiger partial charge in [-0.2, -0.15) is 10.2 Å². The van der Waals surface area contributed by atoms with Crippen molar-refractivity contribution >= 4 is 34.4 Å². The third-order valence-electron chi connectivity index (χ3n) is 5.52. The van der Waals surface area contributed by atoms with Gasteiger partial charge in [-0.15, -0.1) is 0 Å². The summed E-state index contributed by atoms with van der Waals surface area (Å²) in [7, 11) is 0. The number of aromatic nitrogens is 3. The number of nitriles is 1. The fraction of sp³-hybridized carbons (Fsp3) is 0.350. The molecule has 2 bridgehead atoms. The van der Waals surface area contributed by atoms with Crippen LogP contribution >= 0.6 is 23.4 Å². The molecule has 2 aliphatic rings. The van der Waals surface area contributed by atoms with Crippen LogP contribution in [0, 0.1) is 23.2 Å². The van der Waals surface area contributed by atoms with E-state index in [-0.39, 0.29) is 17.9 Å². The predicted octanol–water partition coefficient (Wildman–Crippen LogP) is 3.63. The lowest BCUT2D eigenvalue weighted by Gasteiger charge is -2.44. The number of H-pyrrole nitrogens is 1. The highest BCUT2D eigenvalue weighted by atomic mass is 35.5. The summed E-state index contributed by atoms with van der Waals surface area (Å²) < 4.78 is 13.9. The van der Waals surface area contributed by atoms with Gasteiger partial charge in [-0.25, -0.2) is 9.40 Å². The number of fused-ring (bicyclic) bond motifs is 3. The van der Waals surface area contributed by atoms with Gasteiger partial charge >= 0.3 is 0 Å². The van der Waals surface area contributed by atoms with Gasteiger partial charge < -0.3 is 14.5 Å². The molecule has 0 saturated carbocycles. The van der Waals surface area contributed by atoms with Gasteiger partial charge in [0.2, 0.25) is 5.88 Å². The molecule has 2 saturated heterocycles. The number of piperidine rings is 1. The molecule has 148 valence electrons. The molecule has 1 aromatic carbocycles. The third-order valence-corrected chi connectivity index (χ3v) is 6.11. The molecule has 2 fully saturated rings. The smallest absolute Gasteiger partial charge is 0.241 e. The van der Waals surface area contributed by atoms with Crippen LogP contribution in [0.3, 0.4) is 0 Å². The molecule has 2 aliphatic heterocycles. The summed E-state index contributed by atoms with van der Waals surface area (Å²) in [6.45, 7) is 2.67. The number of benzene rings is 1. The zero-order valence-corrected chi connectivity index (χ0v) is 16.8. The summed E-state index contributed by atoms with van der Waals surface area (Å²) in [5.41, 5.74) is 3.58. The monoisotopic (exact) mass is 429 g/mol. The number of nitrogens with zero attached hydrogens (tertiary/aromatic N) is 4. The lowest BCUT2D eigenvalue weighted by molar-refractivity contribution is -0.0991. The molecule has 1 N–H and O–H groups in total. The van der Waals surface area contributed by atoms with Crippen LogP contribution in [-0.2, 0) is 4.74 Å². The van der Waals surface area contributed by atoms with Gasteiger partial charge in [0.1, 0.15) is 23.5 Å². The Morgan fingerprint density at radius 1 is 1.21 bits per heavy atom. The first kappa shape index (κ1) is 18.6. The molecule has 3 aromatic rings. The summed E-state index contributed by atoms with van der Waals surface area (Å²) in [5, 5.41) is 9.55. The van der Waals surface area contributed by atoms with Crippen LogP contribution in [0.4, 0.5) is 0 Å². The van der Waals surface area contributed by atoms with Crippen molar-refractivity contribution in [3.8, 4) is 23.1 Å². The molecule has 0 aliphatic carbocycles. The van der Waals surface area contributed by atoms with E-state index in [0.29, 0.717) is 42.8 Å². The Balaban J connectivity index is 1.50. The van der Waals surface area contributed by atoms with Gasteiger partial charge in [0.25, 0.3) is 0 Å². The molecular formula is C20H17Cl2N5O2. The number of halogens is 2. The molecule has 4 heterocycles. The van der Waals surface area contributed by atoms with Crippen molar-refractivity contribution in [2.75, 3.05) is 26.3 Å². The van der Waals surface area contributed by atoms with E-state index >= 15 is 0 Å². The van der Waals surface area contributed by atoms with Crippen molar-refractivity contribution in [2.45, 2.75) is 6.10 Å². The van der Waals surface area contributed by atoms with E-state index in [1.165, 1.54) is 6.33 Å². The number of aromatic amines is 1. The van der Waals surface area contributed by atoms with Crippen molar-refractivity contribution in [3.63, 3.8) is 0 Å². The van der Waals surface area contributed by atoms with Crippen LogP contribution in [-0.4, -0.2) is 51.8 Å². The average Bonchev–Trinajstić information content (AvgIpc) is 3.13. The van der Waals surface area contributed by atoms with E-state index in [9.17, 15) is 0 Å². The van der Waals surface area contributed by atoms with Crippen LogP contribution in [0.2, 0.25) is 5.02 Å². The zero-order valence-electron chi connectivity index (χ0n) is 15.3. The molecule has 5 rings (SSSR count). The Labute approximate surface area is 177 Å². The number of nitrogens with one attached hydrogen (secondary N) is 1. The highest BCUT2D eigenvalue weighted by molar-refractivity contribution is 6.33. The van der Waals surface area contributed by atoms with Gasteiger partial charge in [0.05, 0.1) is 24.8 Å². The van der Waals surface area contributed by atoms with E-state index < -0.39 is 0 Å². The van der Waals surface area contributed by atoms with Crippen molar-refractivity contribution in [1.29, 1.82) is 5.26 Å². The molecule has 0 spiro atoms. The largest absolute Gasteiger partial charge is 0.472 e. The van der Waals surface area contributed by atoms with Crippen molar-refractivity contribution in [3.05, 3.63) is 41.3 Å². The Bertz CT molecular complexity index is 1100. The Hall–Kier alpha value is -2.37. The lowest BCUT2D eigenvalue weighted by atomic mass is 9.86. The van der Waals surface area contributed by atoms with Gasteiger partial charge in [-0.1, -0.05) is 17.7 Å². The minimum absolute atomic E-state index is 0.0119.